The highest BCUT2D eigenvalue weighted by molar-refractivity contribution is 6.10. The van der Waals surface area contributed by atoms with Gasteiger partial charge >= 0.3 is 0 Å². The van der Waals surface area contributed by atoms with Gasteiger partial charge in [-0.15, -0.1) is 0 Å². The maximum atomic E-state index is 13.8. The van der Waals surface area contributed by atoms with Crippen LogP contribution in [0.15, 0.2) is 75.9 Å². The summed E-state index contributed by atoms with van der Waals surface area (Å²) in [5.74, 6) is -2.02. The number of amides is 1. The number of hydrogen-bond acceptors (Lipinski definition) is 5. The van der Waals surface area contributed by atoms with Crippen LogP contribution in [0, 0.1) is 21.7 Å². The highest BCUT2D eigenvalue weighted by Crippen LogP contribution is 2.41. The van der Waals surface area contributed by atoms with E-state index in [1.165, 1.54) is 59.5 Å². The number of halogens is 2. The van der Waals surface area contributed by atoms with Gasteiger partial charge in [-0.05, 0) is 60.2 Å². The molecule has 1 amide bonds. The molecule has 158 valence electrons. The largest absolute Gasteiger partial charge is 0.450 e. The average molecular weight is 434 g/mol. The van der Waals surface area contributed by atoms with Gasteiger partial charge in [0.25, 0.3) is 11.6 Å². The van der Waals surface area contributed by atoms with Crippen molar-refractivity contribution in [2.75, 3.05) is 4.90 Å². The van der Waals surface area contributed by atoms with Crippen molar-refractivity contribution in [3.05, 3.63) is 116 Å². The summed E-state index contributed by atoms with van der Waals surface area (Å²) in [6.45, 7) is 0. The number of nitrogens with zero attached hydrogens (tertiary/aromatic N) is 2. The summed E-state index contributed by atoms with van der Waals surface area (Å²) in [5, 5.41) is 11.0. The average Bonchev–Trinajstić information content (AvgIpc) is 3.07. The molecule has 5 rings (SSSR count). The Bertz CT molecular complexity index is 1460. The molecule has 32 heavy (non-hydrogen) atoms. The Hall–Kier alpha value is -4.40. The summed E-state index contributed by atoms with van der Waals surface area (Å²) in [4.78, 5) is 38.4. The number of benzene rings is 3. The number of carbonyl (C=O) groups is 1. The second kappa shape index (κ2) is 7.09. The highest BCUT2D eigenvalue weighted by Gasteiger charge is 2.43. The van der Waals surface area contributed by atoms with Gasteiger partial charge in [0.2, 0.25) is 5.76 Å². The number of fused-ring (bicyclic) bond motifs is 2. The number of rotatable bonds is 3. The monoisotopic (exact) mass is 434 g/mol. The minimum absolute atomic E-state index is 0.0220. The molecule has 0 saturated heterocycles. The van der Waals surface area contributed by atoms with Crippen LogP contribution in [0.3, 0.4) is 0 Å². The van der Waals surface area contributed by atoms with E-state index in [0.29, 0.717) is 11.3 Å². The lowest BCUT2D eigenvalue weighted by Gasteiger charge is -2.25. The van der Waals surface area contributed by atoms with E-state index in [1.807, 2.05) is 0 Å². The SMILES string of the molecule is O=C1c2oc3ccc(F)cc3c(=O)c2C(c2ccc([N+](=O)[O-])cc2)N1c1ccc(F)cc1. The van der Waals surface area contributed by atoms with Crippen molar-refractivity contribution >= 4 is 28.3 Å². The third-order valence-electron chi connectivity index (χ3n) is 5.36. The molecule has 0 aliphatic carbocycles. The first-order chi connectivity index (χ1) is 15.3. The molecule has 7 nitrogen and oxygen atoms in total. The zero-order chi connectivity index (χ0) is 22.6. The molecule has 0 N–H and O–H groups in total. The fraction of sp³-hybridized carbons (Fsp3) is 0.0435. The predicted octanol–water partition coefficient (Wildman–Crippen LogP) is 4.73. The second-order valence-electron chi connectivity index (χ2n) is 7.22. The van der Waals surface area contributed by atoms with Crippen molar-refractivity contribution in [1.82, 2.24) is 0 Å². The third kappa shape index (κ3) is 2.94. The Labute approximate surface area is 178 Å². The minimum atomic E-state index is -1.01. The van der Waals surface area contributed by atoms with Crippen LogP contribution in [0.1, 0.15) is 27.7 Å². The number of non-ortho nitro benzene ring substituents is 1. The van der Waals surface area contributed by atoms with Gasteiger partial charge in [0.15, 0.2) is 5.43 Å². The fourth-order valence-electron chi connectivity index (χ4n) is 3.91. The van der Waals surface area contributed by atoms with Crippen LogP contribution in [0.5, 0.6) is 0 Å². The van der Waals surface area contributed by atoms with E-state index in [4.69, 9.17) is 4.42 Å². The number of anilines is 1. The summed E-state index contributed by atoms with van der Waals surface area (Å²) in [7, 11) is 0. The Balaban J connectivity index is 1.78. The lowest BCUT2D eigenvalue weighted by atomic mass is 9.98. The molecule has 0 saturated carbocycles. The first kappa shape index (κ1) is 19.6. The van der Waals surface area contributed by atoms with E-state index in [-0.39, 0.29) is 28.0 Å². The maximum absolute atomic E-state index is 13.8. The van der Waals surface area contributed by atoms with Crippen molar-refractivity contribution in [3.63, 3.8) is 0 Å². The zero-order valence-corrected chi connectivity index (χ0v) is 16.1. The lowest BCUT2D eigenvalue weighted by molar-refractivity contribution is -0.384. The summed E-state index contributed by atoms with van der Waals surface area (Å²) >= 11 is 0. The van der Waals surface area contributed by atoms with Gasteiger partial charge in [0.1, 0.15) is 17.2 Å². The Kier molecular flexibility index (Phi) is 4.33. The van der Waals surface area contributed by atoms with Crippen LogP contribution in [-0.4, -0.2) is 10.8 Å². The quantitative estimate of drug-likeness (QED) is 0.343. The smallest absolute Gasteiger partial charge is 0.295 e. The van der Waals surface area contributed by atoms with Crippen LogP contribution in [0.25, 0.3) is 11.0 Å². The molecule has 0 fully saturated rings. The molecular weight excluding hydrogens is 422 g/mol. The zero-order valence-electron chi connectivity index (χ0n) is 16.1. The molecule has 3 aromatic carbocycles. The molecule has 2 heterocycles. The second-order valence-corrected chi connectivity index (χ2v) is 7.22. The molecule has 0 radical (unpaired) electrons. The van der Waals surface area contributed by atoms with Gasteiger partial charge in [-0.25, -0.2) is 8.78 Å². The first-order valence-corrected chi connectivity index (χ1v) is 9.45. The minimum Gasteiger partial charge on any atom is -0.450 e. The van der Waals surface area contributed by atoms with E-state index in [9.17, 15) is 28.5 Å². The van der Waals surface area contributed by atoms with Crippen LogP contribution in [-0.2, 0) is 0 Å². The molecule has 4 aromatic rings. The van der Waals surface area contributed by atoms with Gasteiger partial charge in [-0.3, -0.25) is 24.6 Å². The summed E-state index contributed by atoms with van der Waals surface area (Å²) in [6.07, 6.45) is 0. The van der Waals surface area contributed by atoms with Crippen LogP contribution < -0.4 is 10.3 Å². The van der Waals surface area contributed by atoms with Crippen LogP contribution in [0.4, 0.5) is 20.2 Å². The Morgan fingerprint density at radius 1 is 0.906 bits per heavy atom. The van der Waals surface area contributed by atoms with Gasteiger partial charge in [-0.2, -0.15) is 0 Å². The maximum Gasteiger partial charge on any atom is 0.295 e. The van der Waals surface area contributed by atoms with E-state index in [1.54, 1.807) is 0 Å². The molecule has 0 spiro atoms. The highest BCUT2D eigenvalue weighted by atomic mass is 19.1. The molecule has 0 bridgehead atoms. The molecule has 1 aliphatic heterocycles. The van der Waals surface area contributed by atoms with E-state index in [2.05, 4.69) is 0 Å². The van der Waals surface area contributed by atoms with E-state index >= 15 is 0 Å². The van der Waals surface area contributed by atoms with Crippen molar-refractivity contribution in [2.24, 2.45) is 0 Å². The van der Waals surface area contributed by atoms with Crippen molar-refractivity contribution in [1.29, 1.82) is 0 Å². The van der Waals surface area contributed by atoms with Crippen LogP contribution in [0.2, 0.25) is 0 Å². The van der Waals surface area contributed by atoms with E-state index in [0.717, 1.165) is 12.1 Å². The van der Waals surface area contributed by atoms with Gasteiger partial charge in [0.05, 0.1) is 21.9 Å². The van der Waals surface area contributed by atoms with Crippen molar-refractivity contribution < 1.29 is 22.9 Å². The molecule has 1 aromatic heterocycles. The topological polar surface area (TPSA) is 93.7 Å². The molecule has 1 atom stereocenters. The van der Waals surface area contributed by atoms with Gasteiger partial charge in [0, 0.05) is 17.8 Å². The third-order valence-corrected chi connectivity index (χ3v) is 5.36. The fourth-order valence-corrected chi connectivity index (χ4v) is 3.91. The van der Waals surface area contributed by atoms with Crippen molar-refractivity contribution in [3.8, 4) is 0 Å². The number of nitro benzene ring substituents is 1. The standard InChI is InChI=1S/C23H12F2N2O5/c24-13-3-8-15(9-4-13)26-20(12-1-6-16(7-2-12)27(30)31)19-21(28)17-11-14(25)5-10-18(17)32-22(19)23(26)29/h1-11,20H. The number of nitro groups is 1. The lowest BCUT2D eigenvalue weighted by Crippen LogP contribution is -2.29. The summed E-state index contributed by atoms with van der Waals surface area (Å²) in [5.41, 5.74) is -0.0460. The van der Waals surface area contributed by atoms with Gasteiger partial charge in [-0.1, -0.05) is 0 Å². The Morgan fingerprint density at radius 2 is 1.56 bits per heavy atom. The molecule has 9 heteroatoms. The van der Waals surface area contributed by atoms with Crippen LogP contribution >= 0.6 is 0 Å². The first-order valence-electron chi connectivity index (χ1n) is 9.45. The molecule has 1 aliphatic rings. The van der Waals surface area contributed by atoms with Crippen molar-refractivity contribution in [2.45, 2.75) is 6.04 Å². The molecule has 1 unspecified atom stereocenters. The molecular formula is C23H12F2N2O5. The van der Waals surface area contributed by atoms with Gasteiger partial charge < -0.3 is 4.42 Å². The Morgan fingerprint density at radius 3 is 2.22 bits per heavy atom. The number of hydrogen-bond donors (Lipinski definition) is 0. The summed E-state index contributed by atoms with van der Waals surface area (Å²) in [6, 6.07) is 12.8. The number of carbonyl (C=O) groups excluding carboxylic acids is 1. The normalized spacial score (nSPS) is 15.2. The predicted molar refractivity (Wildman–Crippen MR) is 111 cm³/mol. The summed E-state index contributed by atoms with van der Waals surface area (Å²) < 4.78 is 33.0. The van der Waals surface area contributed by atoms with E-state index < -0.39 is 33.9 Å².